The average molecular weight is 389 g/mol. The van der Waals surface area contributed by atoms with E-state index in [4.69, 9.17) is 16.5 Å². The Hall–Kier alpha value is -2.20. The summed E-state index contributed by atoms with van der Waals surface area (Å²) in [5, 5.41) is 1.69. The molecule has 0 bridgehead atoms. The monoisotopic (exact) mass is 388 g/mol. The first-order valence-corrected chi connectivity index (χ1v) is 10.2. The number of rotatable bonds is 4. The van der Waals surface area contributed by atoms with Crippen molar-refractivity contribution in [1.82, 2.24) is 24.9 Å². The van der Waals surface area contributed by atoms with E-state index in [9.17, 15) is 0 Å². The van der Waals surface area contributed by atoms with Crippen molar-refractivity contribution < 1.29 is 0 Å². The lowest BCUT2D eigenvalue weighted by Crippen LogP contribution is -2.16. The number of nitrogens with zero attached hydrogens (tertiary/aromatic N) is 6. The number of thioether (sulfide) groups is 1. The number of anilines is 3. The Morgan fingerprint density at radius 3 is 2.65 bits per heavy atom. The predicted molar refractivity (Wildman–Crippen MR) is 107 cm³/mol. The zero-order chi connectivity index (χ0) is 18.3. The lowest BCUT2D eigenvalue weighted by molar-refractivity contribution is 0.700. The zero-order valence-electron chi connectivity index (χ0n) is 14.7. The lowest BCUT2D eigenvalue weighted by Gasteiger charge is -2.11. The molecule has 0 amide bonds. The number of nitrogen functional groups attached to an aromatic ring is 2. The molecule has 0 radical (unpaired) electrons. The van der Waals surface area contributed by atoms with E-state index in [2.05, 4.69) is 19.9 Å². The van der Waals surface area contributed by atoms with E-state index >= 15 is 0 Å². The van der Waals surface area contributed by atoms with Crippen molar-refractivity contribution in [2.45, 2.75) is 36.6 Å². The largest absolute Gasteiger partial charge is 0.383 e. The van der Waals surface area contributed by atoms with E-state index in [1.165, 1.54) is 35.0 Å². The van der Waals surface area contributed by atoms with Crippen LogP contribution >= 0.6 is 23.1 Å². The first kappa shape index (κ1) is 17.2. The molecule has 0 fully saturated rings. The number of aryl methyl sites for hydroxylation is 2. The standard InChI is InChI=1S/C16H20N8S2/c1-24(2)15-20-10(19-14(18)23-15)7-25-16-21-12(17)11-8-5-3-4-6-9(8)26-13(11)22-16/h3-7H2,1-2H3,(H2,17,21,22)(H2,18,19,20,23). The highest BCUT2D eigenvalue weighted by molar-refractivity contribution is 7.98. The Balaban J connectivity index is 1.60. The first-order valence-electron chi connectivity index (χ1n) is 8.39. The van der Waals surface area contributed by atoms with E-state index in [1.54, 1.807) is 16.2 Å². The lowest BCUT2D eigenvalue weighted by atomic mass is 9.97. The van der Waals surface area contributed by atoms with Gasteiger partial charge in [0.2, 0.25) is 11.9 Å². The van der Waals surface area contributed by atoms with Gasteiger partial charge in [0.25, 0.3) is 0 Å². The van der Waals surface area contributed by atoms with Crippen LogP contribution in [0, 0.1) is 0 Å². The Morgan fingerprint density at radius 1 is 1.04 bits per heavy atom. The molecule has 1 aliphatic carbocycles. The SMILES string of the molecule is CN(C)c1nc(N)nc(CSc2nc(N)c3c4c(sc3n2)CCCC4)n1. The van der Waals surface area contributed by atoms with Crippen molar-refractivity contribution in [3.63, 3.8) is 0 Å². The number of hydrogen-bond acceptors (Lipinski definition) is 10. The number of hydrogen-bond donors (Lipinski definition) is 2. The normalized spacial score (nSPS) is 13.8. The zero-order valence-corrected chi connectivity index (χ0v) is 16.3. The van der Waals surface area contributed by atoms with E-state index in [1.807, 2.05) is 14.1 Å². The van der Waals surface area contributed by atoms with Crippen molar-refractivity contribution in [3.05, 3.63) is 16.3 Å². The van der Waals surface area contributed by atoms with Gasteiger partial charge in [-0.25, -0.2) is 9.97 Å². The summed E-state index contributed by atoms with van der Waals surface area (Å²) in [4.78, 5) is 26.1. The highest BCUT2D eigenvalue weighted by atomic mass is 32.2. The van der Waals surface area contributed by atoms with Crippen LogP contribution in [0.2, 0.25) is 0 Å². The topological polar surface area (TPSA) is 120 Å². The van der Waals surface area contributed by atoms with Crippen LogP contribution in [0.1, 0.15) is 29.1 Å². The number of fused-ring (bicyclic) bond motifs is 3. The quantitative estimate of drug-likeness (QED) is 0.512. The van der Waals surface area contributed by atoms with Gasteiger partial charge in [0, 0.05) is 19.0 Å². The maximum atomic E-state index is 6.26. The third-order valence-electron chi connectivity index (χ3n) is 4.24. The van der Waals surface area contributed by atoms with Crippen molar-refractivity contribution in [1.29, 1.82) is 0 Å². The molecule has 3 heterocycles. The highest BCUT2D eigenvalue weighted by Gasteiger charge is 2.20. The van der Waals surface area contributed by atoms with Gasteiger partial charge in [0.05, 0.1) is 11.1 Å². The maximum Gasteiger partial charge on any atom is 0.229 e. The van der Waals surface area contributed by atoms with Gasteiger partial charge in [-0.3, -0.25) is 0 Å². The molecule has 10 heteroatoms. The second-order valence-corrected chi connectivity index (χ2v) is 8.40. The van der Waals surface area contributed by atoms with Crippen molar-refractivity contribution in [2.24, 2.45) is 0 Å². The second kappa shape index (κ2) is 6.84. The molecule has 8 nitrogen and oxygen atoms in total. The van der Waals surface area contributed by atoms with Gasteiger partial charge < -0.3 is 16.4 Å². The summed E-state index contributed by atoms with van der Waals surface area (Å²) in [5.74, 6) is 2.42. The summed E-state index contributed by atoms with van der Waals surface area (Å²) in [6, 6.07) is 0. The molecule has 26 heavy (non-hydrogen) atoms. The van der Waals surface area contributed by atoms with E-state index in [-0.39, 0.29) is 5.95 Å². The van der Waals surface area contributed by atoms with Crippen molar-refractivity contribution in [2.75, 3.05) is 30.5 Å². The molecule has 4 N–H and O–H groups in total. The first-order chi connectivity index (χ1) is 12.5. The molecule has 3 aromatic heterocycles. The van der Waals surface area contributed by atoms with Crippen molar-refractivity contribution in [3.8, 4) is 0 Å². The van der Waals surface area contributed by atoms with Gasteiger partial charge in [-0.15, -0.1) is 11.3 Å². The second-order valence-electron chi connectivity index (χ2n) is 6.38. The van der Waals surface area contributed by atoms with Crippen LogP contribution < -0.4 is 16.4 Å². The van der Waals surface area contributed by atoms with Crippen molar-refractivity contribution >= 4 is 51.0 Å². The smallest absolute Gasteiger partial charge is 0.229 e. The van der Waals surface area contributed by atoms with Crippen LogP contribution in [0.3, 0.4) is 0 Å². The van der Waals surface area contributed by atoms with Crippen LogP contribution in [0.25, 0.3) is 10.2 Å². The van der Waals surface area contributed by atoms with Gasteiger partial charge in [0.15, 0.2) is 5.16 Å². The summed E-state index contributed by atoms with van der Waals surface area (Å²) in [7, 11) is 3.73. The van der Waals surface area contributed by atoms with Gasteiger partial charge in [-0.1, -0.05) is 11.8 Å². The summed E-state index contributed by atoms with van der Waals surface area (Å²) in [6.07, 6.45) is 4.65. The Bertz CT molecular complexity index is 969. The molecule has 4 rings (SSSR count). The molecule has 0 spiro atoms. The van der Waals surface area contributed by atoms with E-state index < -0.39 is 0 Å². The number of nitrogens with two attached hydrogens (primary N) is 2. The Morgan fingerprint density at radius 2 is 1.85 bits per heavy atom. The van der Waals surface area contributed by atoms with Gasteiger partial charge in [-0.05, 0) is 31.2 Å². The van der Waals surface area contributed by atoms with Crippen LogP contribution in [0.15, 0.2) is 5.16 Å². The summed E-state index contributed by atoms with van der Waals surface area (Å²) in [6.45, 7) is 0. The molecule has 0 saturated heterocycles. The molecule has 0 atom stereocenters. The number of thiophene rings is 1. The van der Waals surface area contributed by atoms with Crippen LogP contribution in [-0.4, -0.2) is 39.0 Å². The highest BCUT2D eigenvalue weighted by Crippen LogP contribution is 2.38. The summed E-state index contributed by atoms with van der Waals surface area (Å²) < 4.78 is 0. The van der Waals surface area contributed by atoms with E-state index in [0.29, 0.717) is 28.5 Å². The molecule has 0 aliphatic heterocycles. The molecule has 0 unspecified atom stereocenters. The summed E-state index contributed by atoms with van der Waals surface area (Å²) >= 11 is 3.20. The van der Waals surface area contributed by atoms with Gasteiger partial charge in [-0.2, -0.15) is 15.0 Å². The fourth-order valence-electron chi connectivity index (χ4n) is 3.05. The van der Waals surface area contributed by atoms with Gasteiger partial charge >= 0.3 is 0 Å². The molecule has 3 aromatic rings. The van der Waals surface area contributed by atoms with E-state index in [0.717, 1.165) is 23.1 Å². The fraction of sp³-hybridized carbons (Fsp3) is 0.438. The molecule has 0 saturated carbocycles. The average Bonchev–Trinajstić information content (AvgIpc) is 2.98. The Kier molecular flexibility index (Phi) is 4.53. The maximum absolute atomic E-state index is 6.26. The minimum atomic E-state index is 0.209. The summed E-state index contributed by atoms with van der Waals surface area (Å²) in [5.41, 5.74) is 13.4. The third-order valence-corrected chi connectivity index (χ3v) is 6.27. The Labute approximate surface area is 159 Å². The molecule has 0 aromatic carbocycles. The third kappa shape index (κ3) is 3.26. The molecular weight excluding hydrogens is 368 g/mol. The molecule has 1 aliphatic rings. The van der Waals surface area contributed by atoms with Gasteiger partial charge in [0.1, 0.15) is 16.5 Å². The molecular formula is C16H20N8S2. The minimum Gasteiger partial charge on any atom is -0.383 e. The predicted octanol–water partition coefficient (Wildman–Crippen LogP) is 2.28. The fourth-order valence-corrected chi connectivity index (χ4v) is 5.08. The van der Waals surface area contributed by atoms with Crippen LogP contribution in [-0.2, 0) is 18.6 Å². The van der Waals surface area contributed by atoms with Crippen LogP contribution in [0.4, 0.5) is 17.7 Å². The molecule has 136 valence electrons. The number of aromatic nitrogens is 5. The minimum absolute atomic E-state index is 0.209. The van der Waals surface area contributed by atoms with Crippen LogP contribution in [0.5, 0.6) is 0 Å².